The Morgan fingerprint density at radius 3 is 2.07 bits per heavy atom. The summed E-state index contributed by atoms with van der Waals surface area (Å²) in [5, 5.41) is 3.16. The lowest BCUT2D eigenvalue weighted by atomic mass is 10.2. The second-order valence-electron chi connectivity index (χ2n) is 10.0. The first-order chi connectivity index (χ1) is 19.8. The summed E-state index contributed by atoms with van der Waals surface area (Å²) < 4.78 is 33.2. The number of hydrogen-bond donors (Lipinski definition) is 2. The van der Waals surface area contributed by atoms with Gasteiger partial charge in [0.2, 0.25) is 0 Å². The van der Waals surface area contributed by atoms with Gasteiger partial charge in [-0.05, 0) is 75.9 Å². The van der Waals surface area contributed by atoms with Crippen molar-refractivity contribution in [2.45, 2.75) is 51.6 Å². The number of ether oxygens (including phenoxy) is 1. The van der Waals surface area contributed by atoms with E-state index in [-0.39, 0.29) is 11.6 Å². The minimum atomic E-state index is -0.243. The normalized spacial score (nSPS) is 14.0. The van der Waals surface area contributed by atoms with Gasteiger partial charge in [0.1, 0.15) is 29.1 Å². The molecule has 0 amide bonds. The number of benzene rings is 2. The van der Waals surface area contributed by atoms with Crippen LogP contribution < -0.4 is 15.8 Å². The molecule has 7 rings (SSSR count). The SMILES string of the molecule is COc1cnc(C)nc1.Cc1ncc(-c2nc3ccc(F)cc3n2C2CC2)cn1.Nc1ccc(F)cc1NC1CC1. The summed E-state index contributed by atoms with van der Waals surface area (Å²) in [7, 11) is 1.59. The van der Waals surface area contributed by atoms with Crippen molar-refractivity contribution in [3.05, 3.63) is 84.5 Å². The number of hydrogen-bond acceptors (Lipinski definition) is 8. The second-order valence-corrected chi connectivity index (χ2v) is 10.0. The van der Waals surface area contributed by atoms with Gasteiger partial charge in [-0.3, -0.25) is 0 Å². The Morgan fingerprint density at radius 2 is 1.46 bits per heavy atom. The molecule has 41 heavy (non-hydrogen) atoms. The van der Waals surface area contributed by atoms with Crippen molar-refractivity contribution in [2.75, 3.05) is 18.2 Å². The van der Waals surface area contributed by atoms with Gasteiger partial charge in [0.15, 0.2) is 5.75 Å². The molecule has 2 aromatic carbocycles. The number of methoxy groups -OCH3 is 1. The van der Waals surface area contributed by atoms with Gasteiger partial charge in [0, 0.05) is 24.5 Å². The third-order valence-electron chi connectivity index (χ3n) is 6.55. The Labute approximate surface area is 236 Å². The van der Waals surface area contributed by atoms with Gasteiger partial charge in [0.05, 0.1) is 47.5 Å². The van der Waals surface area contributed by atoms with Gasteiger partial charge < -0.3 is 20.4 Å². The van der Waals surface area contributed by atoms with E-state index in [1.54, 1.807) is 50.1 Å². The van der Waals surface area contributed by atoms with Crippen LogP contribution in [0.3, 0.4) is 0 Å². The summed E-state index contributed by atoms with van der Waals surface area (Å²) >= 11 is 0. The highest BCUT2D eigenvalue weighted by molar-refractivity contribution is 5.81. The van der Waals surface area contributed by atoms with E-state index in [0.29, 0.717) is 23.5 Å². The maximum absolute atomic E-state index is 13.5. The van der Waals surface area contributed by atoms with Crippen LogP contribution in [0.15, 0.2) is 61.2 Å². The van der Waals surface area contributed by atoms with Gasteiger partial charge in [-0.2, -0.15) is 0 Å². The van der Waals surface area contributed by atoms with Crippen molar-refractivity contribution in [3.8, 4) is 17.1 Å². The molecule has 0 spiro atoms. The fourth-order valence-electron chi connectivity index (χ4n) is 4.07. The van der Waals surface area contributed by atoms with Crippen molar-refractivity contribution < 1.29 is 13.5 Å². The van der Waals surface area contributed by atoms with Crippen LogP contribution in [0.5, 0.6) is 5.75 Å². The number of nitrogen functional groups attached to an aromatic ring is 1. The van der Waals surface area contributed by atoms with E-state index < -0.39 is 0 Å². The molecule has 3 aromatic heterocycles. The molecule has 0 aliphatic heterocycles. The Morgan fingerprint density at radius 1 is 0.854 bits per heavy atom. The number of aromatic nitrogens is 6. The van der Waals surface area contributed by atoms with Gasteiger partial charge in [-0.25, -0.2) is 33.7 Å². The lowest BCUT2D eigenvalue weighted by molar-refractivity contribution is 0.410. The van der Waals surface area contributed by atoms with Gasteiger partial charge in [-0.1, -0.05) is 0 Å². The average Bonchev–Trinajstić information content (AvgIpc) is 3.91. The predicted molar refractivity (Wildman–Crippen MR) is 155 cm³/mol. The minimum Gasteiger partial charge on any atom is -0.494 e. The molecule has 2 aliphatic carbocycles. The molecule has 2 fully saturated rings. The molecule has 0 bridgehead atoms. The van der Waals surface area contributed by atoms with E-state index in [2.05, 4.69) is 34.8 Å². The highest BCUT2D eigenvalue weighted by Crippen LogP contribution is 2.41. The smallest absolute Gasteiger partial charge is 0.155 e. The number of nitrogens with one attached hydrogen (secondary N) is 1. The van der Waals surface area contributed by atoms with Crippen LogP contribution in [0.2, 0.25) is 0 Å². The van der Waals surface area contributed by atoms with Gasteiger partial charge >= 0.3 is 0 Å². The number of rotatable bonds is 5. The van der Waals surface area contributed by atoms with E-state index in [9.17, 15) is 8.78 Å². The van der Waals surface area contributed by atoms with Crippen molar-refractivity contribution >= 4 is 22.4 Å². The summed E-state index contributed by atoms with van der Waals surface area (Å²) in [6.07, 6.45) is 11.4. The highest BCUT2D eigenvalue weighted by atomic mass is 19.1. The molecular weight excluding hydrogens is 526 g/mol. The summed E-state index contributed by atoms with van der Waals surface area (Å²) in [6.45, 7) is 3.68. The molecular formula is C30H32F2N8O. The molecule has 11 heteroatoms. The number of anilines is 2. The maximum Gasteiger partial charge on any atom is 0.155 e. The number of aryl methyl sites for hydroxylation is 2. The van der Waals surface area contributed by atoms with Crippen LogP contribution >= 0.6 is 0 Å². The van der Waals surface area contributed by atoms with Gasteiger partial charge in [0.25, 0.3) is 0 Å². The molecule has 0 unspecified atom stereocenters. The van der Waals surface area contributed by atoms with E-state index in [1.807, 2.05) is 13.8 Å². The Kier molecular flexibility index (Phi) is 8.32. The lowest BCUT2D eigenvalue weighted by Gasteiger charge is -2.07. The van der Waals surface area contributed by atoms with Crippen molar-refractivity contribution in [1.29, 1.82) is 0 Å². The molecule has 212 valence electrons. The average molecular weight is 559 g/mol. The van der Waals surface area contributed by atoms with Crippen LogP contribution in [0, 0.1) is 25.5 Å². The predicted octanol–water partition coefficient (Wildman–Crippen LogP) is 6.05. The van der Waals surface area contributed by atoms with E-state index >= 15 is 0 Å². The molecule has 3 N–H and O–H groups in total. The first kappa shape index (κ1) is 27.9. The molecule has 5 aromatic rings. The number of nitrogens with zero attached hydrogens (tertiary/aromatic N) is 6. The van der Waals surface area contributed by atoms with Crippen LogP contribution in [-0.4, -0.2) is 42.6 Å². The molecule has 3 heterocycles. The number of nitrogens with two attached hydrogens (primary N) is 1. The Bertz CT molecular complexity index is 1610. The fourth-order valence-corrected chi connectivity index (χ4v) is 4.07. The van der Waals surface area contributed by atoms with Crippen LogP contribution in [0.1, 0.15) is 43.4 Å². The van der Waals surface area contributed by atoms with Crippen LogP contribution in [0.25, 0.3) is 22.4 Å². The maximum atomic E-state index is 13.5. The molecule has 0 atom stereocenters. The summed E-state index contributed by atoms with van der Waals surface area (Å²) in [5.41, 5.74) is 9.51. The largest absolute Gasteiger partial charge is 0.494 e. The summed E-state index contributed by atoms with van der Waals surface area (Å²) in [5.74, 6) is 2.54. The first-order valence-electron chi connectivity index (χ1n) is 13.4. The van der Waals surface area contributed by atoms with E-state index in [1.165, 1.54) is 18.2 Å². The monoisotopic (exact) mass is 558 g/mol. The zero-order valence-corrected chi connectivity index (χ0v) is 23.2. The van der Waals surface area contributed by atoms with Crippen molar-refractivity contribution in [3.63, 3.8) is 0 Å². The molecule has 0 saturated heterocycles. The third kappa shape index (κ3) is 7.30. The second kappa shape index (κ2) is 12.2. The van der Waals surface area contributed by atoms with Crippen molar-refractivity contribution in [2.24, 2.45) is 0 Å². The fraction of sp³-hybridized carbons (Fsp3) is 0.300. The molecule has 2 aliphatic rings. The van der Waals surface area contributed by atoms with E-state index in [0.717, 1.165) is 65.4 Å². The Hall–Kier alpha value is -4.67. The quantitative estimate of drug-likeness (QED) is 0.250. The number of imidazole rings is 1. The number of fused-ring (bicyclic) bond motifs is 1. The highest BCUT2D eigenvalue weighted by Gasteiger charge is 2.29. The summed E-state index contributed by atoms with van der Waals surface area (Å²) in [6, 6.07) is 10.0. The Balaban J connectivity index is 0.000000137. The van der Waals surface area contributed by atoms with Crippen LogP contribution in [0.4, 0.5) is 20.2 Å². The lowest BCUT2D eigenvalue weighted by Crippen LogP contribution is -2.04. The molecule has 0 radical (unpaired) electrons. The zero-order chi connectivity index (χ0) is 28.9. The first-order valence-corrected chi connectivity index (χ1v) is 13.4. The zero-order valence-electron chi connectivity index (χ0n) is 23.2. The summed E-state index contributed by atoms with van der Waals surface area (Å²) in [4.78, 5) is 20.9. The third-order valence-corrected chi connectivity index (χ3v) is 6.55. The molecule has 2 saturated carbocycles. The van der Waals surface area contributed by atoms with Gasteiger partial charge in [-0.15, -0.1) is 0 Å². The topological polar surface area (TPSA) is 117 Å². The van der Waals surface area contributed by atoms with Crippen LogP contribution in [-0.2, 0) is 0 Å². The minimum absolute atomic E-state index is 0.231. The molecule has 9 nitrogen and oxygen atoms in total. The van der Waals surface area contributed by atoms with E-state index in [4.69, 9.17) is 10.5 Å². The standard InChI is InChI=1S/C15H13FN4.C9H11FN2.C6H8N2O/c1-9-17-7-10(8-18-9)15-19-13-5-2-11(16)6-14(13)20(15)12-3-4-12;10-6-1-4-8(11)9(5-6)12-7-2-3-7;1-5-7-3-6(9-2)4-8-5/h2,5-8,12H,3-4H2,1H3;1,4-5,7,12H,2-3,11H2;3-4H,1-2H3. The van der Waals surface area contributed by atoms with Crippen molar-refractivity contribution in [1.82, 2.24) is 29.5 Å². The number of halogens is 2.